The first-order valence-corrected chi connectivity index (χ1v) is 5.49. The molecule has 1 aromatic rings. The Morgan fingerprint density at radius 2 is 2.00 bits per heavy atom. The third-order valence-electron chi connectivity index (χ3n) is 1.79. The van der Waals surface area contributed by atoms with Crippen LogP contribution in [0.1, 0.15) is 12.5 Å². The predicted molar refractivity (Wildman–Crippen MR) is 58.5 cm³/mol. The molecule has 72 valence electrons. The van der Waals surface area contributed by atoms with E-state index in [9.17, 15) is 0 Å². The van der Waals surface area contributed by atoms with Crippen molar-refractivity contribution < 1.29 is 0 Å². The second-order valence-electron chi connectivity index (χ2n) is 2.83. The molecule has 0 bridgehead atoms. The molecule has 13 heavy (non-hydrogen) atoms. The summed E-state index contributed by atoms with van der Waals surface area (Å²) in [7, 11) is 0. The zero-order valence-electron chi connectivity index (χ0n) is 8.00. The van der Waals surface area contributed by atoms with Gasteiger partial charge in [-0.15, -0.1) is 0 Å². The first kappa shape index (κ1) is 10.4. The Hall–Kier alpha value is -0.640. The van der Waals surface area contributed by atoms with Gasteiger partial charge in [0.25, 0.3) is 0 Å². The van der Waals surface area contributed by atoms with E-state index >= 15 is 0 Å². The summed E-state index contributed by atoms with van der Waals surface area (Å²) in [5, 5.41) is 0.943. The van der Waals surface area contributed by atoms with E-state index in [1.807, 2.05) is 19.3 Å². The van der Waals surface area contributed by atoms with Crippen molar-refractivity contribution in [1.29, 1.82) is 0 Å². The molecule has 0 aliphatic heterocycles. The van der Waals surface area contributed by atoms with E-state index in [2.05, 4.69) is 37.7 Å². The molecule has 0 aromatic carbocycles. The number of rotatable bonds is 4. The zero-order chi connectivity index (χ0) is 9.68. The molecular formula is C9H14BrN3. The van der Waals surface area contributed by atoms with Gasteiger partial charge >= 0.3 is 0 Å². The van der Waals surface area contributed by atoms with Gasteiger partial charge in [-0.3, -0.25) is 0 Å². The number of anilines is 1. The van der Waals surface area contributed by atoms with Crippen molar-refractivity contribution in [2.24, 2.45) is 0 Å². The molecule has 0 unspecified atom stereocenters. The van der Waals surface area contributed by atoms with Crippen molar-refractivity contribution in [3.05, 3.63) is 18.0 Å². The maximum Gasteiger partial charge on any atom is 0.225 e. The fourth-order valence-corrected chi connectivity index (χ4v) is 1.48. The third kappa shape index (κ3) is 2.95. The van der Waals surface area contributed by atoms with Crippen LogP contribution in [-0.2, 0) is 0 Å². The van der Waals surface area contributed by atoms with Crippen LogP contribution in [0.15, 0.2) is 12.4 Å². The molecule has 1 aromatic heterocycles. The maximum atomic E-state index is 4.26. The molecule has 1 heterocycles. The average molecular weight is 244 g/mol. The maximum absolute atomic E-state index is 4.26. The normalized spacial score (nSPS) is 10.1. The Morgan fingerprint density at radius 1 is 1.38 bits per heavy atom. The molecule has 4 heteroatoms. The lowest BCUT2D eigenvalue weighted by molar-refractivity contribution is 0.826. The summed E-state index contributed by atoms with van der Waals surface area (Å²) >= 11 is 3.41. The highest BCUT2D eigenvalue weighted by molar-refractivity contribution is 9.09. The SMILES string of the molecule is CCN(CCBr)c1ncc(C)cn1. The summed E-state index contributed by atoms with van der Waals surface area (Å²) in [6.45, 7) is 5.98. The fraction of sp³-hybridized carbons (Fsp3) is 0.556. The van der Waals surface area contributed by atoms with Gasteiger partial charge in [-0.25, -0.2) is 9.97 Å². The van der Waals surface area contributed by atoms with Crippen LogP contribution in [0.4, 0.5) is 5.95 Å². The van der Waals surface area contributed by atoms with Crippen molar-refractivity contribution in [3.8, 4) is 0 Å². The first-order chi connectivity index (χ1) is 6.27. The molecule has 0 saturated carbocycles. The average Bonchev–Trinajstić information content (AvgIpc) is 2.16. The molecule has 3 nitrogen and oxygen atoms in total. The minimum atomic E-state index is 0.813. The largest absolute Gasteiger partial charge is 0.340 e. The summed E-state index contributed by atoms with van der Waals surface area (Å²) in [6, 6.07) is 0. The van der Waals surface area contributed by atoms with Gasteiger partial charge < -0.3 is 4.90 Å². The molecule has 0 atom stereocenters. The van der Waals surface area contributed by atoms with Crippen LogP contribution in [0.3, 0.4) is 0 Å². The van der Waals surface area contributed by atoms with Gasteiger partial charge in [-0.2, -0.15) is 0 Å². The molecule has 0 amide bonds. The molecule has 0 N–H and O–H groups in total. The number of alkyl halides is 1. The predicted octanol–water partition coefficient (Wildman–Crippen LogP) is 2.01. The summed E-state index contributed by atoms with van der Waals surface area (Å²) in [4.78, 5) is 10.7. The lowest BCUT2D eigenvalue weighted by Gasteiger charge is -2.18. The van der Waals surface area contributed by atoms with E-state index in [-0.39, 0.29) is 0 Å². The van der Waals surface area contributed by atoms with Crippen molar-refractivity contribution in [2.75, 3.05) is 23.3 Å². The van der Waals surface area contributed by atoms with Crippen molar-refractivity contribution in [1.82, 2.24) is 9.97 Å². The minimum absolute atomic E-state index is 0.813. The smallest absolute Gasteiger partial charge is 0.225 e. The Labute approximate surface area is 87.3 Å². The molecule has 0 fully saturated rings. The minimum Gasteiger partial charge on any atom is -0.340 e. The van der Waals surface area contributed by atoms with Crippen molar-refractivity contribution >= 4 is 21.9 Å². The van der Waals surface area contributed by atoms with Gasteiger partial charge in [0.15, 0.2) is 0 Å². The molecule has 0 aliphatic carbocycles. The Balaban J connectivity index is 2.73. The van der Waals surface area contributed by atoms with Gasteiger partial charge in [0.1, 0.15) is 0 Å². The van der Waals surface area contributed by atoms with Crippen LogP contribution in [0, 0.1) is 6.92 Å². The summed E-state index contributed by atoms with van der Waals surface area (Å²) in [5.74, 6) is 0.813. The number of halogens is 1. The monoisotopic (exact) mass is 243 g/mol. The summed E-state index contributed by atoms with van der Waals surface area (Å²) in [5.41, 5.74) is 1.10. The highest BCUT2D eigenvalue weighted by Crippen LogP contribution is 2.06. The second kappa shape index (κ2) is 5.17. The van der Waals surface area contributed by atoms with Crippen molar-refractivity contribution in [3.63, 3.8) is 0 Å². The number of hydrogen-bond acceptors (Lipinski definition) is 3. The van der Waals surface area contributed by atoms with Crippen LogP contribution in [0.25, 0.3) is 0 Å². The van der Waals surface area contributed by atoms with Crippen LogP contribution < -0.4 is 4.90 Å². The quantitative estimate of drug-likeness (QED) is 0.758. The van der Waals surface area contributed by atoms with Gasteiger partial charge in [0.05, 0.1) is 0 Å². The van der Waals surface area contributed by atoms with E-state index in [1.165, 1.54) is 0 Å². The van der Waals surface area contributed by atoms with Gasteiger partial charge in [-0.1, -0.05) is 15.9 Å². The number of nitrogens with zero attached hydrogens (tertiary/aromatic N) is 3. The lowest BCUT2D eigenvalue weighted by atomic mass is 10.4. The lowest BCUT2D eigenvalue weighted by Crippen LogP contribution is -2.26. The van der Waals surface area contributed by atoms with E-state index in [4.69, 9.17) is 0 Å². The van der Waals surface area contributed by atoms with Crippen molar-refractivity contribution in [2.45, 2.75) is 13.8 Å². The Kier molecular flexibility index (Phi) is 4.15. The number of aryl methyl sites for hydroxylation is 1. The van der Waals surface area contributed by atoms with E-state index < -0.39 is 0 Å². The fourth-order valence-electron chi connectivity index (χ4n) is 1.05. The standard InChI is InChI=1S/C9H14BrN3/c1-3-13(5-4-10)9-11-6-8(2)7-12-9/h6-7H,3-5H2,1-2H3. The van der Waals surface area contributed by atoms with Gasteiger partial charge in [0, 0.05) is 30.8 Å². The summed E-state index contributed by atoms with van der Waals surface area (Å²) < 4.78 is 0. The molecule has 1 rings (SSSR count). The van der Waals surface area contributed by atoms with E-state index in [0.717, 1.165) is 29.9 Å². The zero-order valence-corrected chi connectivity index (χ0v) is 9.58. The Morgan fingerprint density at radius 3 is 2.46 bits per heavy atom. The van der Waals surface area contributed by atoms with Crippen LogP contribution >= 0.6 is 15.9 Å². The Bertz CT molecular complexity index is 248. The van der Waals surface area contributed by atoms with Gasteiger partial charge in [-0.05, 0) is 19.4 Å². The molecule has 0 saturated heterocycles. The van der Waals surface area contributed by atoms with Crippen LogP contribution in [0.2, 0.25) is 0 Å². The second-order valence-corrected chi connectivity index (χ2v) is 3.62. The number of hydrogen-bond donors (Lipinski definition) is 0. The van der Waals surface area contributed by atoms with Gasteiger partial charge in [0.2, 0.25) is 5.95 Å². The molecular weight excluding hydrogens is 230 g/mol. The van der Waals surface area contributed by atoms with E-state index in [0.29, 0.717) is 0 Å². The highest BCUT2D eigenvalue weighted by atomic mass is 79.9. The number of aromatic nitrogens is 2. The molecule has 0 aliphatic rings. The highest BCUT2D eigenvalue weighted by Gasteiger charge is 2.04. The van der Waals surface area contributed by atoms with Crippen LogP contribution in [-0.4, -0.2) is 28.4 Å². The topological polar surface area (TPSA) is 29.0 Å². The first-order valence-electron chi connectivity index (χ1n) is 4.37. The summed E-state index contributed by atoms with van der Waals surface area (Å²) in [6.07, 6.45) is 3.69. The van der Waals surface area contributed by atoms with Crippen LogP contribution in [0.5, 0.6) is 0 Å². The molecule has 0 spiro atoms. The third-order valence-corrected chi connectivity index (χ3v) is 2.14. The molecule has 0 radical (unpaired) electrons. The van der Waals surface area contributed by atoms with E-state index in [1.54, 1.807) is 0 Å².